The van der Waals surface area contributed by atoms with E-state index in [1.54, 1.807) is 56.4 Å². The Bertz CT molecular complexity index is 1030. The fraction of sp³-hybridized carbons (Fsp3) is 0.167. The summed E-state index contributed by atoms with van der Waals surface area (Å²) in [5, 5.41) is 4.99. The van der Waals surface area contributed by atoms with Crippen LogP contribution in [0.2, 0.25) is 0 Å². The van der Waals surface area contributed by atoms with E-state index >= 15 is 0 Å². The van der Waals surface area contributed by atoms with Gasteiger partial charge >= 0.3 is 0 Å². The molecule has 0 saturated heterocycles. The highest BCUT2D eigenvalue weighted by Gasteiger charge is 2.18. The van der Waals surface area contributed by atoms with Gasteiger partial charge in [-0.3, -0.25) is 30.2 Å². The predicted octanol–water partition coefficient (Wildman–Crippen LogP) is 1.45. The van der Waals surface area contributed by atoms with Gasteiger partial charge in [0.1, 0.15) is 0 Å². The SMILES string of the molecule is CC(C)n1nc(C(=O)NNC(=O)c2cccnc2)c2ccccc2c1=O. The minimum absolute atomic E-state index is 0.0559. The van der Waals surface area contributed by atoms with Crippen LogP contribution >= 0.6 is 0 Å². The Balaban J connectivity index is 1.92. The molecule has 0 fully saturated rings. The third kappa shape index (κ3) is 3.30. The number of benzene rings is 1. The molecule has 2 amide bonds. The Hall–Kier alpha value is -3.55. The van der Waals surface area contributed by atoms with Crippen LogP contribution in [0.4, 0.5) is 0 Å². The number of hydrogen-bond donors (Lipinski definition) is 2. The molecule has 0 atom stereocenters. The lowest BCUT2D eigenvalue weighted by Gasteiger charge is -2.13. The number of hydrogen-bond acceptors (Lipinski definition) is 5. The standard InChI is InChI=1S/C18H17N5O3/c1-11(2)23-18(26)14-8-4-3-7-13(14)15(22-23)17(25)21-20-16(24)12-6-5-9-19-10-12/h3-11H,1-2H3,(H,20,24)(H,21,25). The first kappa shape index (κ1) is 17.3. The number of hydrazine groups is 1. The summed E-state index contributed by atoms with van der Waals surface area (Å²) in [6, 6.07) is 9.69. The molecular formula is C18H17N5O3. The van der Waals surface area contributed by atoms with Gasteiger partial charge in [-0.2, -0.15) is 5.10 Å². The Labute approximate surface area is 148 Å². The lowest BCUT2D eigenvalue weighted by Crippen LogP contribution is -2.43. The number of carbonyl (C=O) groups is 2. The van der Waals surface area contributed by atoms with Crippen molar-refractivity contribution in [1.29, 1.82) is 0 Å². The molecule has 8 heteroatoms. The summed E-state index contributed by atoms with van der Waals surface area (Å²) in [5.41, 5.74) is 4.74. The van der Waals surface area contributed by atoms with Gasteiger partial charge in [-0.05, 0) is 32.0 Å². The second kappa shape index (κ2) is 7.14. The van der Waals surface area contributed by atoms with Crippen molar-refractivity contribution in [3.05, 3.63) is 70.4 Å². The average Bonchev–Trinajstić information content (AvgIpc) is 2.66. The molecule has 26 heavy (non-hydrogen) atoms. The first-order valence-electron chi connectivity index (χ1n) is 8.01. The van der Waals surface area contributed by atoms with Crippen molar-refractivity contribution in [1.82, 2.24) is 25.6 Å². The maximum absolute atomic E-state index is 12.6. The molecule has 0 aliphatic carbocycles. The van der Waals surface area contributed by atoms with Crippen LogP contribution in [-0.2, 0) is 0 Å². The van der Waals surface area contributed by atoms with Gasteiger partial charge in [0.25, 0.3) is 17.4 Å². The van der Waals surface area contributed by atoms with Crippen molar-refractivity contribution in [3.63, 3.8) is 0 Å². The van der Waals surface area contributed by atoms with Crippen LogP contribution in [0.15, 0.2) is 53.6 Å². The van der Waals surface area contributed by atoms with Gasteiger partial charge < -0.3 is 0 Å². The number of aromatic nitrogens is 3. The van der Waals surface area contributed by atoms with E-state index in [9.17, 15) is 14.4 Å². The number of nitrogens with zero attached hydrogens (tertiary/aromatic N) is 3. The van der Waals surface area contributed by atoms with Crippen LogP contribution in [0.1, 0.15) is 40.7 Å². The molecule has 3 aromatic rings. The quantitative estimate of drug-likeness (QED) is 0.695. The largest absolute Gasteiger partial charge is 0.290 e. The second-order valence-corrected chi connectivity index (χ2v) is 5.89. The zero-order chi connectivity index (χ0) is 18.7. The van der Waals surface area contributed by atoms with Crippen LogP contribution in [-0.4, -0.2) is 26.6 Å². The van der Waals surface area contributed by atoms with Crippen molar-refractivity contribution >= 4 is 22.6 Å². The highest BCUT2D eigenvalue weighted by atomic mass is 16.2. The number of carbonyl (C=O) groups excluding carboxylic acids is 2. The number of nitrogens with one attached hydrogen (secondary N) is 2. The van der Waals surface area contributed by atoms with E-state index in [0.29, 0.717) is 16.3 Å². The van der Waals surface area contributed by atoms with E-state index in [-0.39, 0.29) is 17.3 Å². The molecule has 132 valence electrons. The maximum atomic E-state index is 12.6. The topological polar surface area (TPSA) is 106 Å². The van der Waals surface area contributed by atoms with Gasteiger partial charge in [-0.25, -0.2) is 4.68 Å². The predicted molar refractivity (Wildman–Crippen MR) is 95.6 cm³/mol. The molecule has 0 bridgehead atoms. The van der Waals surface area contributed by atoms with Crippen molar-refractivity contribution in [3.8, 4) is 0 Å². The monoisotopic (exact) mass is 351 g/mol. The molecule has 1 aromatic carbocycles. The third-order valence-corrected chi connectivity index (χ3v) is 3.75. The van der Waals surface area contributed by atoms with E-state index < -0.39 is 11.8 Å². The molecule has 0 aliphatic rings. The van der Waals surface area contributed by atoms with Gasteiger partial charge in [0.15, 0.2) is 5.69 Å². The number of amides is 2. The summed E-state index contributed by atoms with van der Waals surface area (Å²) >= 11 is 0. The molecule has 0 saturated carbocycles. The fourth-order valence-electron chi connectivity index (χ4n) is 2.47. The van der Waals surface area contributed by atoms with Crippen LogP contribution in [0.25, 0.3) is 10.8 Å². The highest BCUT2D eigenvalue weighted by molar-refractivity contribution is 6.05. The summed E-state index contributed by atoms with van der Waals surface area (Å²) in [6.07, 6.45) is 2.93. The number of pyridine rings is 1. The van der Waals surface area contributed by atoms with Crippen LogP contribution in [0.3, 0.4) is 0 Å². The van der Waals surface area contributed by atoms with E-state index in [2.05, 4.69) is 20.9 Å². The lowest BCUT2D eigenvalue weighted by atomic mass is 10.1. The summed E-state index contributed by atoms with van der Waals surface area (Å²) in [6.45, 7) is 3.60. The summed E-state index contributed by atoms with van der Waals surface area (Å²) < 4.78 is 1.25. The molecule has 0 unspecified atom stereocenters. The van der Waals surface area contributed by atoms with E-state index in [0.717, 1.165) is 0 Å². The molecule has 0 aliphatic heterocycles. The van der Waals surface area contributed by atoms with E-state index in [4.69, 9.17) is 0 Å². The molecule has 0 radical (unpaired) electrons. The zero-order valence-corrected chi connectivity index (χ0v) is 14.3. The zero-order valence-electron chi connectivity index (χ0n) is 14.3. The van der Waals surface area contributed by atoms with Crippen molar-refractivity contribution in [2.45, 2.75) is 19.9 Å². The Kier molecular flexibility index (Phi) is 4.74. The van der Waals surface area contributed by atoms with E-state index in [1.807, 2.05) is 0 Å². The molecule has 8 nitrogen and oxygen atoms in total. The van der Waals surface area contributed by atoms with Gasteiger partial charge in [-0.1, -0.05) is 18.2 Å². The van der Waals surface area contributed by atoms with Crippen LogP contribution in [0, 0.1) is 0 Å². The van der Waals surface area contributed by atoms with Gasteiger partial charge in [0.2, 0.25) is 0 Å². The third-order valence-electron chi connectivity index (χ3n) is 3.75. The van der Waals surface area contributed by atoms with Crippen molar-refractivity contribution < 1.29 is 9.59 Å². The minimum Gasteiger partial charge on any atom is -0.267 e. The smallest absolute Gasteiger partial charge is 0.267 e. The van der Waals surface area contributed by atoms with Crippen LogP contribution in [0.5, 0.6) is 0 Å². The Morgan fingerprint density at radius 2 is 1.69 bits per heavy atom. The molecular weight excluding hydrogens is 334 g/mol. The molecule has 2 heterocycles. The normalized spacial score (nSPS) is 10.7. The maximum Gasteiger partial charge on any atom is 0.290 e. The fourth-order valence-corrected chi connectivity index (χ4v) is 2.47. The van der Waals surface area contributed by atoms with Crippen LogP contribution < -0.4 is 16.4 Å². The molecule has 0 spiro atoms. The summed E-state index contributed by atoms with van der Waals surface area (Å²) in [4.78, 5) is 40.9. The first-order chi connectivity index (χ1) is 12.5. The number of fused-ring (bicyclic) bond motifs is 1. The van der Waals surface area contributed by atoms with Gasteiger partial charge in [0.05, 0.1) is 17.0 Å². The van der Waals surface area contributed by atoms with E-state index in [1.165, 1.54) is 10.9 Å². The number of rotatable bonds is 3. The van der Waals surface area contributed by atoms with Crippen molar-refractivity contribution in [2.75, 3.05) is 0 Å². The molecule has 2 aromatic heterocycles. The highest BCUT2D eigenvalue weighted by Crippen LogP contribution is 2.14. The average molecular weight is 351 g/mol. The van der Waals surface area contributed by atoms with Gasteiger partial charge in [-0.15, -0.1) is 0 Å². The minimum atomic E-state index is -0.618. The molecule has 3 rings (SSSR count). The summed E-state index contributed by atoms with van der Waals surface area (Å²) in [5.74, 6) is -1.12. The first-order valence-corrected chi connectivity index (χ1v) is 8.01. The summed E-state index contributed by atoms with van der Waals surface area (Å²) in [7, 11) is 0. The van der Waals surface area contributed by atoms with Gasteiger partial charge in [0, 0.05) is 17.8 Å². The lowest BCUT2D eigenvalue weighted by molar-refractivity contribution is 0.0843. The molecule has 2 N–H and O–H groups in total. The van der Waals surface area contributed by atoms with Crippen molar-refractivity contribution in [2.24, 2.45) is 0 Å². The Morgan fingerprint density at radius 3 is 2.35 bits per heavy atom. The Morgan fingerprint density at radius 1 is 1.00 bits per heavy atom. The second-order valence-electron chi connectivity index (χ2n) is 5.89.